The van der Waals surface area contributed by atoms with Crippen molar-refractivity contribution in [2.24, 2.45) is 5.92 Å². The van der Waals surface area contributed by atoms with Gasteiger partial charge in [0, 0.05) is 6.54 Å². The van der Waals surface area contributed by atoms with Crippen LogP contribution in [0.2, 0.25) is 0 Å². The third-order valence-electron chi connectivity index (χ3n) is 2.88. The minimum atomic E-state index is -0.361. The molecule has 1 heterocycles. The van der Waals surface area contributed by atoms with Crippen molar-refractivity contribution in [3.05, 3.63) is 11.4 Å². The Morgan fingerprint density at radius 3 is 2.63 bits per heavy atom. The van der Waals surface area contributed by atoms with E-state index in [1.54, 1.807) is 6.92 Å². The molecule has 19 heavy (non-hydrogen) atoms. The molecule has 108 valence electrons. The summed E-state index contributed by atoms with van der Waals surface area (Å²) in [6, 6.07) is 0. The van der Waals surface area contributed by atoms with Crippen LogP contribution in [-0.4, -0.2) is 27.6 Å². The minimum absolute atomic E-state index is 0.361. The van der Waals surface area contributed by atoms with Gasteiger partial charge in [-0.1, -0.05) is 38.8 Å². The summed E-state index contributed by atoms with van der Waals surface area (Å²) >= 11 is 0. The van der Waals surface area contributed by atoms with Gasteiger partial charge in [-0.25, -0.2) is 9.48 Å². The van der Waals surface area contributed by atoms with E-state index in [1.165, 1.54) is 6.42 Å². The standard InChI is InChI=1S/C14H25N3O2/c1-5-7-8-9-17-12(10-11(3)4)13(15-16-17)14(18)19-6-2/h11H,5-10H2,1-4H3. The Morgan fingerprint density at radius 1 is 1.32 bits per heavy atom. The summed E-state index contributed by atoms with van der Waals surface area (Å²) in [4.78, 5) is 11.9. The van der Waals surface area contributed by atoms with Crippen LogP contribution in [0.4, 0.5) is 0 Å². The van der Waals surface area contributed by atoms with Gasteiger partial charge >= 0.3 is 5.97 Å². The second-order valence-electron chi connectivity index (χ2n) is 5.13. The second kappa shape index (κ2) is 7.92. The van der Waals surface area contributed by atoms with E-state index in [2.05, 4.69) is 31.1 Å². The van der Waals surface area contributed by atoms with Gasteiger partial charge in [0.05, 0.1) is 12.3 Å². The molecule has 0 aliphatic carbocycles. The molecule has 0 unspecified atom stereocenters. The Balaban J connectivity index is 2.88. The molecule has 0 saturated carbocycles. The normalized spacial score (nSPS) is 11.0. The highest BCUT2D eigenvalue weighted by Crippen LogP contribution is 2.14. The van der Waals surface area contributed by atoms with E-state index in [-0.39, 0.29) is 5.97 Å². The Morgan fingerprint density at radius 2 is 2.05 bits per heavy atom. The van der Waals surface area contributed by atoms with Crippen LogP contribution in [0.3, 0.4) is 0 Å². The fourth-order valence-electron chi connectivity index (χ4n) is 1.97. The van der Waals surface area contributed by atoms with Gasteiger partial charge in [-0.2, -0.15) is 0 Å². The molecule has 5 heteroatoms. The number of carbonyl (C=O) groups excluding carboxylic acids is 1. The van der Waals surface area contributed by atoms with Crippen molar-refractivity contribution in [2.75, 3.05) is 6.61 Å². The first-order valence-electron chi connectivity index (χ1n) is 7.19. The lowest BCUT2D eigenvalue weighted by Gasteiger charge is -2.09. The third kappa shape index (κ3) is 4.65. The van der Waals surface area contributed by atoms with E-state index in [0.717, 1.165) is 31.5 Å². The maximum atomic E-state index is 11.9. The van der Waals surface area contributed by atoms with Gasteiger partial charge in [0.25, 0.3) is 0 Å². The lowest BCUT2D eigenvalue weighted by molar-refractivity contribution is 0.0517. The molecule has 1 aromatic rings. The highest BCUT2D eigenvalue weighted by Gasteiger charge is 2.21. The number of carbonyl (C=O) groups is 1. The average Bonchev–Trinajstić information content (AvgIpc) is 2.72. The zero-order valence-electron chi connectivity index (χ0n) is 12.5. The Kier molecular flexibility index (Phi) is 6.53. The van der Waals surface area contributed by atoms with E-state index in [4.69, 9.17) is 4.74 Å². The van der Waals surface area contributed by atoms with Crippen LogP contribution in [0.5, 0.6) is 0 Å². The molecule has 0 amide bonds. The average molecular weight is 267 g/mol. The summed E-state index contributed by atoms with van der Waals surface area (Å²) in [5.74, 6) is 0.0940. The molecule has 0 N–H and O–H groups in total. The molecule has 0 atom stereocenters. The summed E-state index contributed by atoms with van der Waals surface area (Å²) in [5, 5.41) is 8.12. The van der Waals surface area contributed by atoms with Crippen LogP contribution >= 0.6 is 0 Å². The van der Waals surface area contributed by atoms with Crippen LogP contribution < -0.4 is 0 Å². The maximum absolute atomic E-state index is 11.9. The van der Waals surface area contributed by atoms with E-state index >= 15 is 0 Å². The molecule has 0 radical (unpaired) electrons. The first kappa shape index (κ1) is 15.7. The molecular formula is C14H25N3O2. The van der Waals surface area contributed by atoms with Gasteiger partial charge in [-0.15, -0.1) is 5.10 Å². The number of ether oxygens (including phenoxy) is 1. The van der Waals surface area contributed by atoms with Crippen molar-refractivity contribution >= 4 is 5.97 Å². The zero-order valence-corrected chi connectivity index (χ0v) is 12.5. The maximum Gasteiger partial charge on any atom is 0.360 e. The van der Waals surface area contributed by atoms with Gasteiger partial charge in [0.2, 0.25) is 0 Å². The number of hydrogen-bond donors (Lipinski definition) is 0. The molecule has 1 aromatic heterocycles. The van der Waals surface area contributed by atoms with Crippen LogP contribution in [0.25, 0.3) is 0 Å². The van der Waals surface area contributed by atoms with Gasteiger partial charge in [-0.05, 0) is 25.7 Å². The SMILES string of the molecule is CCCCCn1nnc(C(=O)OCC)c1CC(C)C. The summed E-state index contributed by atoms with van der Waals surface area (Å²) in [7, 11) is 0. The van der Waals surface area contributed by atoms with Crippen molar-refractivity contribution in [3.63, 3.8) is 0 Å². The van der Waals surface area contributed by atoms with Crippen molar-refractivity contribution < 1.29 is 9.53 Å². The van der Waals surface area contributed by atoms with Crippen LogP contribution in [0.1, 0.15) is 63.1 Å². The summed E-state index contributed by atoms with van der Waals surface area (Å²) in [6.07, 6.45) is 4.19. The number of nitrogens with zero attached hydrogens (tertiary/aromatic N) is 3. The van der Waals surface area contributed by atoms with Crippen molar-refractivity contribution in [3.8, 4) is 0 Å². The predicted octanol–water partition coefficient (Wildman–Crippen LogP) is 2.84. The zero-order chi connectivity index (χ0) is 14.3. The fraction of sp³-hybridized carbons (Fsp3) is 0.786. The van der Waals surface area contributed by atoms with Crippen molar-refractivity contribution in [1.82, 2.24) is 15.0 Å². The second-order valence-corrected chi connectivity index (χ2v) is 5.13. The lowest BCUT2D eigenvalue weighted by Crippen LogP contribution is -2.13. The largest absolute Gasteiger partial charge is 0.461 e. The number of unbranched alkanes of at least 4 members (excludes halogenated alkanes) is 2. The number of esters is 1. The topological polar surface area (TPSA) is 57.0 Å². The van der Waals surface area contributed by atoms with Gasteiger partial charge < -0.3 is 4.74 Å². The van der Waals surface area contributed by atoms with Crippen LogP contribution in [0.15, 0.2) is 0 Å². The van der Waals surface area contributed by atoms with E-state index in [0.29, 0.717) is 18.2 Å². The van der Waals surface area contributed by atoms with Crippen LogP contribution in [0, 0.1) is 5.92 Å². The van der Waals surface area contributed by atoms with Gasteiger partial charge in [0.1, 0.15) is 0 Å². The summed E-state index contributed by atoms with van der Waals surface area (Å²) in [6.45, 7) is 9.40. The fourth-order valence-corrected chi connectivity index (χ4v) is 1.97. The van der Waals surface area contributed by atoms with Gasteiger partial charge in [0.15, 0.2) is 5.69 Å². The first-order chi connectivity index (χ1) is 9.10. The molecule has 0 spiro atoms. The monoisotopic (exact) mass is 267 g/mol. The predicted molar refractivity (Wildman–Crippen MR) is 74.0 cm³/mol. The van der Waals surface area contributed by atoms with Crippen molar-refractivity contribution in [2.45, 2.75) is 59.9 Å². The van der Waals surface area contributed by atoms with E-state index in [1.807, 2.05) is 4.68 Å². The highest BCUT2D eigenvalue weighted by atomic mass is 16.5. The molecule has 0 aromatic carbocycles. The number of hydrogen-bond acceptors (Lipinski definition) is 4. The summed E-state index contributed by atoms with van der Waals surface area (Å²) in [5.41, 5.74) is 1.29. The molecule has 0 aliphatic rings. The smallest absolute Gasteiger partial charge is 0.360 e. The number of aromatic nitrogens is 3. The van der Waals surface area contributed by atoms with Gasteiger partial charge in [-0.3, -0.25) is 0 Å². The van der Waals surface area contributed by atoms with E-state index in [9.17, 15) is 4.79 Å². The van der Waals surface area contributed by atoms with E-state index < -0.39 is 0 Å². The molecule has 5 nitrogen and oxygen atoms in total. The molecule has 0 bridgehead atoms. The van der Waals surface area contributed by atoms with Crippen molar-refractivity contribution in [1.29, 1.82) is 0 Å². The molecule has 1 rings (SSSR count). The van der Waals surface area contributed by atoms with Crippen LogP contribution in [-0.2, 0) is 17.7 Å². The third-order valence-corrected chi connectivity index (χ3v) is 2.88. The Hall–Kier alpha value is -1.39. The number of rotatable bonds is 8. The quantitative estimate of drug-likeness (QED) is 0.537. The Labute approximate surface area is 115 Å². The highest BCUT2D eigenvalue weighted by molar-refractivity contribution is 5.88. The Bertz CT molecular complexity index is 399. The molecule has 0 saturated heterocycles. The first-order valence-corrected chi connectivity index (χ1v) is 7.19. The summed E-state index contributed by atoms with van der Waals surface area (Å²) < 4.78 is 6.90. The molecule has 0 aliphatic heterocycles. The molecule has 0 fully saturated rings. The number of aryl methyl sites for hydroxylation is 1. The lowest BCUT2D eigenvalue weighted by atomic mass is 10.1. The molecular weight excluding hydrogens is 242 g/mol. The minimum Gasteiger partial charge on any atom is -0.461 e.